The van der Waals surface area contributed by atoms with Gasteiger partial charge in [0.2, 0.25) is 6.33 Å². The van der Waals surface area contributed by atoms with E-state index in [1.807, 2.05) is 0 Å². The van der Waals surface area contributed by atoms with E-state index in [2.05, 4.69) is 18.8 Å². The Kier molecular flexibility index (Phi) is 8.54. The Morgan fingerprint density at radius 2 is 2.00 bits per heavy atom. The summed E-state index contributed by atoms with van der Waals surface area (Å²) in [4.78, 5) is 22.8. The Balaban J connectivity index is 0.000000366. The van der Waals surface area contributed by atoms with Crippen LogP contribution in [0.5, 0.6) is 0 Å². The van der Waals surface area contributed by atoms with Gasteiger partial charge < -0.3 is 19.5 Å². The fraction of sp³-hybridized carbons (Fsp3) is 0.636. The third kappa shape index (κ3) is 7.21. The van der Waals surface area contributed by atoms with Crippen LogP contribution < -0.4 is 0 Å². The number of rotatable bonds is 6. The zero-order valence-electron chi connectivity index (χ0n) is 10.3. The molecular formula is C11H19N3O3. The van der Waals surface area contributed by atoms with Crippen molar-refractivity contribution < 1.29 is 9.72 Å². The van der Waals surface area contributed by atoms with Gasteiger partial charge in [0.15, 0.2) is 0 Å². The van der Waals surface area contributed by atoms with Crippen LogP contribution in [0.3, 0.4) is 0 Å². The fourth-order valence-corrected chi connectivity index (χ4v) is 1.13. The maximum Gasteiger partial charge on any atom is 0.381 e. The van der Waals surface area contributed by atoms with E-state index in [1.54, 1.807) is 0 Å². The van der Waals surface area contributed by atoms with Gasteiger partial charge in [-0.25, -0.2) is 0 Å². The minimum atomic E-state index is -0.610. The zero-order valence-corrected chi connectivity index (χ0v) is 10.3. The van der Waals surface area contributed by atoms with Gasteiger partial charge in [0.25, 0.3) is 0 Å². The van der Waals surface area contributed by atoms with Gasteiger partial charge in [-0.3, -0.25) is 0 Å². The smallest absolute Gasteiger partial charge is 0.358 e. The van der Waals surface area contributed by atoms with E-state index in [4.69, 9.17) is 0 Å². The number of aldehydes is 1. The number of carbonyl (C=O) groups excluding carboxylic acids is 1. The molecule has 96 valence electrons. The Labute approximate surface area is 101 Å². The van der Waals surface area contributed by atoms with Crippen molar-refractivity contribution in [3.05, 3.63) is 22.6 Å². The second kappa shape index (κ2) is 9.50. The van der Waals surface area contributed by atoms with Gasteiger partial charge in [-0.15, -0.1) is 0 Å². The minimum absolute atomic E-state index is 0.0981. The normalized spacial score (nSPS) is 9.29. The Morgan fingerprint density at radius 3 is 2.35 bits per heavy atom. The molecule has 1 heterocycles. The summed E-state index contributed by atoms with van der Waals surface area (Å²) in [7, 11) is 0. The molecule has 0 radical (unpaired) electrons. The van der Waals surface area contributed by atoms with Crippen LogP contribution in [-0.2, 0) is 11.3 Å². The first-order valence-corrected chi connectivity index (χ1v) is 5.75. The van der Waals surface area contributed by atoms with Crippen LogP contribution in [-0.4, -0.2) is 20.8 Å². The summed E-state index contributed by atoms with van der Waals surface area (Å²) >= 11 is 0. The summed E-state index contributed by atoms with van der Waals surface area (Å²) < 4.78 is 1.34. The average molecular weight is 241 g/mol. The van der Waals surface area contributed by atoms with Gasteiger partial charge in [-0.05, 0) is 9.91 Å². The van der Waals surface area contributed by atoms with E-state index in [0.717, 1.165) is 0 Å². The fourth-order valence-electron chi connectivity index (χ4n) is 1.13. The number of nitrogens with zero attached hydrogens (tertiary/aromatic N) is 3. The molecule has 0 aromatic carbocycles. The number of aromatic nitrogens is 2. The molecule has 0 amide bonds. The lowest BCUT2D eigenvalue weighted by Crippen LogP contribution is -1.94. The molecule has 0 atom stereocenters. The predicted octanol–water partition coefficient (Wildman–Crippen LogP) is 2.58. The molecule has 0 N–H and O–H groups in total. The van der Waals surface area contributed by atoms with Crippen molar-refractivity contribution in [1.29, 1.82) is 0 Å². The molecule has 0 saturated heterocycles. The lowest BCUT2D eigenvalue weighted by atomic mass is 10.2. The van der Waals surface area contributed by atoms with Crippen molar-refractivity contribution in [3.63, 3.8) is 0 Å². The van der Waals surface area contributed by atoms with Gasteiger partial charge in [0, 0.05) is 0 Å². The highest BCUT2D eigenvalue weighted by Crippen LogP contribution is 2.04. The molecular weight excluding hydrogens is 222 g/mol. The molecule has 1 aromatic rings. The highest BCUT2D eigenvalue weighted by Gasteiger charge is 2.08. The molecule has 6 nitrogen and oxygen atoms in total. The van der Waals surface area contributed by atoms with Crippen LogP contribution in [0.1, 0.15) is 39.5 Å². The molecule has 0 aliphatic heterocycles. The molecule has 0 bridgehead atoms. The largest absolute Gasteiger partial charge is 0.381 e. The summed E-state index contributed by atoms with van der Waals surface area (Å²) in [6, 6.07) is 0. The van der Waals surface area contributed by atoms with Gasteiger partial charge >= 0.3 is 5.82 Å². The Hall–Kier alpha value is -1.72. The third-order valence-corrected chi connectivity index (χ3v) is 2.05. The monoisotopic (exact) mass is 241 g/mol. The lowest BCUT2D eigenvalue weighted by molar-refractivity contribution is -0.389. The number of nitro groups is 1. The molecule has 0 fully saturated rings. The van der Waals surface area contributed by atoms with Crippen molar-refractivity contribution in [3.8, 4) is 0 Å². The summed E-state index contributed by atoms with van der Waals surface area (Å²) in [5.74, 6) is -0.244. The maximum atomic E-state index is 10.1. The average Bonchev–Trinajstić information content (AvgIpc) is 2.76. The van der Waals surface area contributed by atoms with Crippen molar-refractivity contribution in [1.82, 2.24) is 9.55 Å². The van der Waals surface area contributed by atoms with Crippen LogP contribution in [0.15, 0.2) is 12.5 Å². The van der Waals surface area contributed by atoms with Crippen molar-refractivity contribution >= 4 is 12.1 Å². The van der Waals surface area contributed by atoms with Crippen molar-refractivity contribution in [2.75, 3.05) is 0 Å². The molecule has 1 aromatic heterocycles. The van der Waals surface area contributed by atoms with Crippen LogP contribution >= 0.6 is 0 Å². The molecule has 0 spiro atoms. The molecule has 0 aliphatic carbocycles. The van der Waals surface area contributed by atoms with E-state index in [1.165, 1.54) is 42.8 Å². The van der Waals surface area contributed by atoms with Gasteiger partial charge in [-0.1, -0.05) is 39.5 Å². The molecule has 0 aliphatic rings. The second-order valence-corrected chi connectivity index (χ2v) is 3.56. The standard InChI is InChI=1S/C6H14.C5H5N3O3/c1-3-5-6-4-2;9-2-1-7-3-5(6-4-7)8(10)11/h3-6H2,1-2H3;2-4H,1H2. The van der Waals surface area contributed by atoms with Crippen molar-refractivity contribution in [2.24, 2.45) is 0 Å². The lowest BCUT2D eigenvalue weighted by Gasteiger charge is -1.86. The van der Waals surface area contributed by atoms with Gasteiger partial charge in [0.05, 0.1) is 6.54 Å². The molecule has 1 rings (SSSR count). The molecule has 0 unspecified atom stereocenters. The number of unbranched alkanes of at least 4 members (excludes halogenated alkanes) is 3. The van der Waals surface area contributed by atoms with Crippen LogP contribution in [0.4, 0.5) is 5.82 Å². The van der Waals surface area contributed by atoms with Crippen molar-refractivity contribution in [2.45, 2.75) is 46.1 Å². The molecule has 0 saturated carbocycles. The van der Waals surface area contributed by atoms with Crippen LogP contribution in [0.2, 0.25) is 0 Å². The molecule has 17 heavy (non-hydrogen) atoms. The zero-order chi connectivity index (χ0) is 13.1. The predicted molar refractivity (Wildman–Crippen MR) is 64.8 cm³/mol. The summed E-state index contributed by atoms with van der Waals surface area (Å²) in [6.45, 7) is 4.56. The minimum Gasteiger partial charge on any atom is -0.358 e. The first-order chi connectivity index (χ1) is 8.15. The second-order valence-electron chi connectivity index (χ2n) is 3.56. The molecule has 6 heteroatoms. The topological polar surface area (TPSA) is 78.0 Å². The van der Waals surface area contributed by atoms with Gasteiger partial charge in [-0.2, -0.15) is 0 Å². The first kappa shape index (κ1) is 15.3. The van der Waals surface area contributed by atoms with E-state index < -0.39 is 4.92 Å². The van der Waals surface area contributed by atoms with E-state index in [-0.39, 0.29) is 12.4 Å². The first-order valence-electron chi connectivity index (χ1n) is 5.75. The van der Waals surface area contributed by atoms with E-state index in [9.17, 15) is 14.9 Å². The number of hydrogen-bond acceptors (Lipinski definition) is 4. The van der Waals surface area contributed by atoms with Gasteiger partial charge in [0.1, 0.15) is 12.5 Å². The van der Waals surface area contributed by atoms with E-state index in [0.29, 0.717) is 6.29 Å². The SMILES string of the molecule is CCCCCC.O=CCn1cnc([N+](=O)[O-])c1. The van der Waals surface area contributed by atoms with Crippen LogP contribution in [0.25, 0.3) is 0 Å². The number of hydrogen-bond donors (Lipinski definition) is 0. The quantitative estimate of drug-likeness (QED) is 0.332. The summed E-state index contributed by atoms with van der Waals surface area (Å²) in [5.41, 5.74) is 0. The maximum absolute atomic E-state index is 10.1. The number of carbonyl (C=O) groups is 1. The highest BCUT2D eigenvalue weighted by molar-refractivity contribution is 5.49. The summed E-state index contributed by atoms with van der Waals surface area (Å²) in [5, 5.41) is 10.1. The number of imidazole rings is 1. The van der Waals surface area contributed by atoms with E-state index >= 15 is 0 Å². The Morgan fingerprint density at radius 1 is 1.41 bits per heavy atom. The summed E-state index contributed by atoms with van der Waals surface area (Å²) in [6.07, 6.45) is 8.63. The Bertz CT molecular complexity index is 332. The van der Waals surface area contributed by atoms with Crippen LogP contribution in [0, 0.1) is 10.1 Å². The highest BCUT2D eigenvalue weighted by atomic mass is 16.6. The third-order valence-electron chi connectivity index (χ3n) is 2.05.